The molecule has 0 saturated heterocycles. The molecule has 0 spiro atoms. The Labute approximate surface area is 121 Å². The van der Waals surface area contributed by atoms with E-state index in [0.29, 0.717) is 16.4 Å². The van der Waals surface area contributed by atoms with Crippen LogP contribution in [-0.2, 0) is 4.79 Å². The highest BCUT2D eigenvalue weighted by Gasteiger charge is 1.97. The summed E-state index contributed by atoms with van der Waals surface area (Å²) >= 11 is 5.79. The third-order valence-corrected chi connectivity index (χ3v) is 2.68. The summed E-state index contributed by atoms with van der Waals surface area (Å²) < 4.78 is 0. The molecule has 0 aliphatic heterocycles. The third kappa shape index (κ3) is 4.03. The molecule has 0 saturated carbocycles. The van der Waals surface area contributed by atoms with Gasteiger partial charge in [0.05, 0.1) is 11.4 Å². The van der Waals surface area contributed by atoms with E-state index < -0.39 is 0 Å². The average Bonchev–Trinajstić information content (AvgIpc) is 2.48. The fourth-order valence-electron chi connectivity index (χ4n) is 1.43. The minimum absolute atomic E-state index is 0.249. The average molecular weight is 286 g/mol. The molecule has 2 aromatic rings. The molecule has 0 aliphatic carbocycles. The Morgan fingerprint density at radius 2 is 1.50 bits per heavy atom. The van der Waals surface area contributed by atoms with Gasteiger partial charge in [-0.3, -0.25) is 4.79 Å². The summed E-state index contributed by atoms with van der Waals surface area (Å²) in [6, 6.07) is 14.1. The Kier molecular flexibility index (Phi) is 4.63. The first-order valence-corrected chi connectivity index (χ1v) is 6.26. The number of nitrogens with one attached hydrogen (secondary N) is 1. The van der Waals surface area contributed by atoms with Crippen LogP contribution in [0.4, 0.5) is 17.1 Å². The fraction of sp³-hybridized carbons (Fsp3) is 0. The van der Waals surface area contributed by atoms with Crippen molar-refractivity contribution in [1.29, 1.82) is 0 Å². The highest BCUT2D eigenvalue weighted by atomic mass is 35.5. The summed E-state index contributed by atoms with van der Waals surface area (Å²) in [5.41, 5.74) is 2.09. The van der Waals surface area contributed by atoms with Crippen LogP contribution in [0.25, 0.3) is 0 Å². The summed E-state index contributed by atoms with van der Waals surface area (Å²) in [5.74, 6) is -0.249. The molecule has 1 N–H and O–H groups in total. The molecule has 1 amide bonds. The number of benzene rings is 2. The quantitative estimate of drug-likeness (QED) is 0.632. The molecule has 2 rings (SSSR count). The highest BCUT2D eigenvalue weighted by Crippen LogP contribution is 2.21. The Balaban J connectivity index is 2.05. The van der Waals surface area contributed by atoms with Gasteiger partial charge in [0, 0.05) is 10.7 Å². The molecule has 0 aliphatic rings. The lowest BCUT2D eigenvalue weighted by atomic mass is 10.3. The summed E-state index contributed by atoms with van der Waals surface area (Å²) in [7, 11) is 0. The van der Waals surface area contributed by atoms with E-state index in [1.807, 2.05) is 0 Å². The topological polar surface area (TPSA) is 53.8 Å². The number of carbonyl (C=O) groups is 1. The van der Waals surface area contributed by atoms with Crippen LogP contribution in [-0.4, -0.2) is 5.91 Å². The zero-order valence-electron chi connectivity index (χ0n) is 10.6. The van der Waals surface area contributed by atoms with E-state index in [2.05, 4.69) is 22.1 Å². The van der Waals surface area contributed by atoms with Crippen molar-refractivity contribution in [3.05, 3.63) is 66.2 Å². The molecule has 0 atom stereocenters. The number of hydrogen-bond acceptors (Lipinski definition) is 3. The normalized spacial score (nSPS) is 10.4. The number of nitrogens with zero attached hydrogens (tertiary/aromatic N) is 2. The van der Waals surface area contributed by atoms with E-state index in [-0.39, 0.29) is 5.91 Å². The lowest BCUT2D eigenvalue weighted by Crippen LogP contribution is -2.06. The Bertz CT molecular complexity index is 633. The van der Waals surface area contributed by atoms with Crippen LogP contribution in [0.5, 0.6) is 0 Å². The molecule has 20 heavy (non-hydrogen) atoms. The molecule has 0 aromatic heterocycles. The van der Waals surface area contributed by atoms with Gasteiger partial charge in [0.1, 0.15) is 0 Å². The Morgan fingerprint density at radius 1 is 1.00 bits per heavy atom. The van der Waals surface area contributed by atoms with E-state index in [9.17, 15) is 4.79 Å². The standard InChI is InChI=1S/C15H12ClN3O/c1-2-15(20)17-12-7-9-14(10-8-12)19-18-13-5-3-11(16)4-6-13/h2-10H,1H2,(H,17,20). The number of anilines is 1. The van der Waals surface area contributed by atoms with Crippen molar-refractivity contribution in [1.82, 2.24) is 0 Å². The van der Waals surface area contributed by atoms with Gasteiger partial charge in [-0.05, 0) is 54.6 Å². The molecule has 0 unspecified atom stereocenters. The van der Waals surface area contributed by atoms with Gasteiger partial charge < -0.3 is 5.32 Å². The van der Waals surface area contributed by atoms with Crippen LogP contribution >= 0.6 is 11.6 Å². The second-order valence-electron chi connectivity index (χ2n) is 3.92. The van der Waals surface area contributed by atoms with Gasteiger partial charge >= 0.3 is 0 Å². The SMILES string of the molecule is C=CC(=O)Nc1ccc(N=Nc2ccc(Cl)cc2)cc1. The van der Waals surface area contributed by atoms with Crippen LogP contribution in [0.15, 0.2) is 71.4 Å². The van der Waals surface area contributed by atoms with Crippen molar-refractivity contribution < 1.29 is 4.79 Å². The third-order valence-electron chi connectivity index (χ3n) is 2.43. The molecule has 5 heteroatoms. The van der Waals surface area contributed by atoms with Gasteiger partial charge in [-0.1, -0.05) is 18.2 Å². The zero-order chi connectivity index (χ0) is 14.4. The maximum absolute atomic E-state index is 11.1. The first kappa shape index (κ1) is 14.0. The minimum Gasteiger partial charge on any atom is -0.323 e. The minimum atomic E-state index is -0.249. The van der Waals surface area contributed by atoms with Crippen LogP contribution < -0.4 is 5.32 Å². The number of halogens is 1. The van der Waals surface area contributed by atoms with Gasteiger partial charge in [-0.2, -0.15) is 10.2 Å². The fourth-order valence-corrected chi connectivity index (χ4v) is 1.55. The first-order valence-electron chi connectivity index (χ1n) is 5.88. The Hall–Kier alpha value is -2.46. The van der Waals surface area contributed by atoms with Crippen molar-refractivity contribution in [2.24, 2.45) is 10.2 Å². The second kappa shape index (κ2) is 6.63. The predicted molar refractivity (Wildman–Crippen MR) is 80.9 cm³/mol. The predicted octanol–water partition coefficient (Wildman–Crippen LogP) is 4.88. The van der Waals surface area contributed by atoms with Gasteiger partial charge in [0.2, 0.25) is 5.91 Å². The summed E-state index contributed by atoms with van der Waals surface area (Å²) in [4.78, 5) is 11.1. The first-order chi connectivity index (χ1) is 9.67. The summed E-state index contributed by atoms with van der Waals surface area (Å²) in [6.07, 6.45) is 1.22. The number of azo groups is 1. The number of carbonyl (C=O) groups excluding carboxylic acids is 1. The largest absolute Gasteiger partial charge is 0.323 e. The van der Waals surface area contributed by atoms with Crippen molar-refractivity contribution in [3.8, 4) is 0 Å². The van der Waals surface area contributed by atoms with Crippen LogP contribution in [0, 0.1) is 0 Å². The van der Waals surface area contributed by atoms with E-state index >= 15 is 0 Å². The maximum atomic E-state index is 11.1. The smallest absolute Gasteiger partial charge is 0.247 e. The van der Waals surface area contributed by atoms with Crippen molar-refractivity contribution in [3.63, 3.8) is 0 Å². The molecule has 4 nitrogen and oxygen atoms in total. The summed E-state index contributed by atoms with van der Waals surface area (Å²) in [5, 5.41) is 11.5. The van der Waals surface area contributed by atoms with Crippen molar-refractivity contribution >= 4 is 34.6 Å². The maximum Gasteiger partial charge on any atom is 0.247 e. The monoisotopic (exact) mass is 285 g/mol. The second-order valence-corrected chi connectivity index (χ2v) is 4.35. The number of amides is 1. The molecule has 2 aromatic carbocycles. The molecular formula is C15H12ClN3O. The van der Waals surface area contributed by atoms with Gasteiger partial charge in [-0.15, -0.1) is 0 Å². The van der Waals surface area contributed by atoms with E-state index in [1.54, 1.807) is 48.5 Å². The molecule has 0 fully saturated rings. The molecule has 0 bridgehead atoms. The van der Waals surface area contributed by atoms with Crippen molar-refractivity contribution in [2.45, 2.75) is 0 Å². The van der Waals surface area contributed by atoms with Crippen LogP contribution in [0.1, 0.15) is 0 Å². The Morgan fingerprint density at radius 3 is 2.00 bits per heavy atom. The van der Waals surface area contributed by atoms with Gasteiger partial charge in [-0.25, -0.2) is 0 Å². The van der Waals surface area contributed by atoms with Crippen LogP contribution in [0.3, 0.4) is 0 Å². The molecule has 0 heterocycles. The molecule has 100 valence electrons. The van der Waals surface area contributed by atoms with E-state index in [0.717, 1.165) is 5.69 Å². The van der Waals surface area contributed by atoms with E-state index in [1.165, 1.54) is 6.08 Å². The lowest BCUT2D eigenvalue weighted by Gasteiger charge is -2.01. The summed E-state index contributed by atoms with van der Waals surface area (Å²) in [6.45, 7) is 3.39. The van der Waals surface area contributed by atoms with E-state index in [4.69, 9.17) is 11.6 Å². The van der Waals surface area contributed by atoms with Crippen molar-refractivity contribution in [2.75, 3.05) is 5.32 Å². The van der Waals surface area contributed by atoms with Gasteiger partial charge in [0.15, 0.2) is 0 Å². The number of hydrogen-bond donors (Lipinski definition) is 1. The number of rotatable bonds is 4. The molecular weight excluding hydrogens is 274 g/mol. The lowest BCUT2D eigenvalue weighted by molar-refractivity contribution is -0.111. The molecule has 0 radical (unpaired) electrons. The van der Waals surface area contributed by atoms with Crippen LogP contribution in [0.2, 0.25) is 5.02 Å². The zero-order valence-corrected chi connectivity index (χ0v) is 11.3. The highest BCUT2D eigenvalue weighted by molar-refractivity contribution is 6.30. The van der Waals surface area contributed by atoms with Gasteiger partial charge in [0.25, 0.3) is 0 Å².